The Kier molecular flexibility index (Phi) is 3.16. The zero-order valence-electron chi connectivity index (χ0n) is 11.1. The molecule has 6 heteroatoms. The minimum Gasteiger partial charge on any atom is -0.422 e. The average molecular weight is 292 g/mol. The SMILES string of the molecule is N#Cc1ccccc1C=C1OC(=O)c2cc([N+](=O)[O-])ccc21. The number of benzene rings is 2. The van der Waals surface area contributed by atoms with Gasteiger partial charge in [-0.15, -0.1) is 0 Å². The molecule has 0 atom stereocenters. The van der Waals surface area contributed by atoms with Gasteiger partial charge in [-0.3, -0.25) is 10.1 Å². The maximum atomic E-state index is 11.8. The number of cyclic esters (lactones) is 1. The number of rotatable bonds is 2. The number of nitriles is 1. The molecule has 2 aromatic rings. The fourth-order valence-corrected chi connectivity index (χ4v) is 2.21. The number of ether oxygens (including phenoxy) is 1. The molecule has 0 spiro atoms. The number of carbonyl (C=O) groups is 1. The molecule has 1 heterocycles. The molecule has 6 nitrogen and oxygen atoms in total. The van der Waals surface area contributed by atoms with Crippen molar-refractivity contribution in [2.45, 2.75) is 0 Å². The number of fused-ring (bicyclic) bond motifs is 1. The number of hydrogen-bond acceptors (Lipinski definition) is 5. The summed E-state index contributed by atoms with van der Waals surface area (Å²) in [6.07, 6.45) is 1.58. The second-order valence-corrected chi connectivity index (χ2v) is 4.58. The van der Waals surface area contributed by atoms with Crippen LogP contribution in [0.3, 0.4) is 0 Å². The van der Waals surface area contributed by atoms with Crippen molar-refractivity contribution in [1.82, 2.24) is 0 Å². The van der Waals surface area contributed by atoms with Crippen molar-refractivity contribution >= 4 is 23.5 Å². The average Bonchev–Trinajstić information content (AvgIpc) is 2.83. The molecule has 0 fully saturated rings. The fraction of sp³-hybridized carbons (Fsp3) is 0. The molecule has 0 unspecified atom stereocenters. The third-order valence-corrected chi connectivity index (χ3v) is 3.27. The topological polar surface area (TPSA) is 93.2 Å². The van der Waals surface area contributed by atoms with Gasteiger partial charge in [-0.25, -0.2) is 4.79 Å². The van der Waals surface area contributed by atoms with Crippen molar-refractivity contribution in [2.75, 3.05) is 0 Å². The summed E-state index contributed by atoms with van der Waals surface area (Å²) in [5.74, 6) is -0.364. The molecule has 22 heavy (non-hydrogen) atoms. The molecule has 0 radical (unpaired) electrons. The van der Waals surface area contributed by atoms with Gasteiger partial charge in [0.15, 0.2) is 0 Å². The van der Waals surface area contributed by atoms with Crippen LogP contribution in [0.4, 0.5) is 5.69 Å². The lowest BCUT2D eigenvalue weighted by molar-refractivity contribution is -0.384. The maximum Gasteiger partial charge on any atom is 0.344 e. The Bertz CT molecular complexity index is 878. The smallest absolute Gasteiger partial charge is 0.344 e. The Morgan fingerprint density at radius 3 is 2.68 bits per heavy atom. The predicted octanol–water partition coefficient (Wildman–Crippen LogP) is 3.13. The van der Waals surface area contributed by atoms with Crippen LogP contribution in [0.1, 0.15) is 27.0 Å². The normalized spacial score (nSPS) is 14.3. The van der Waals surface area contributed by atoms with Crippen molar-refractivity contribution in [3.63, 3.8) is 0 Å². The molecule has 0 saturated carbocycles. The first-order chi connectivity index (χ1) is 10.6. The maximum absolute atomic E-state index is 11.8. The van der Waals surface area contributed by atoms with Crippen LogP contribution in [-0.2, 0) is 4.74 Å². The first-order valence-electron chi connectivity index (χ1n) is 6.32. The van der Waals surface area contributed by atoms with E-state index in [1.54, 1.807) is 30.3 Å². The van der Waals surface area contributed by atoms with Gasteiger partial charge < -0.3 is 4.74 Å². The summed E-state index contributed by atoms with van der Waals surface area (Å²) in [5, 5.41) is 19.8. The van der Waals surface area contributed by atoms with Crippen molar-refractivity contribution in [3.8, 4) is 6.07 Å². The van der Waals surface area contributed by atoms with Gasteiger partial charge in [-0.1, -0.05) is 18.2 Å². The van der Waals surface area contributed by atoms with Crippen molar-refractivity contribution < 1.29 is 14.5 Å². The van der Waals surface area contributed by atoms with E-state index in [1.165, 1.54) is 18.2 Å². The highest BCUT2D eigenvalue weighted by Crippen LogP contribution is 2.33. The van der Waals surface area contributed by atoms with Gasteiger partial charge >= 0.3 is 5.97 Å². The summed E-state index contributed by atoms with van der Waals surface area (Å²) >= 11 is 0. The Morgan fingerprint density at radius 2 is 1.95 bits per heavy atom. The molecule has 106 valence electrons. The van der Waals surface area contributed by atoms with E-state index < -0.39 is 10.9 Å². The molecule has 0 aliphatic carbocycles. The predicted molar refractivity (Wildman–Crippen MR) is 77.5 cm³/mol. The summed E-state index contributed by atoms with van der Waals surface area (Å²) in [4.78, 5) is 22.0. The molecule has 3 rings (SSSR count). The van der Waals surface area contributed by atoms with E-state index in [4.69, 9.17) is 10.00 Å². The van der Waals surface area contributed by atoms with Gasteiger partial charge in [-0.05, 0) is 23.8 Å². The number of non-ortho nitro benzene ring substituents is 1. The number of carbonyl (C=O) groups excluding carboxylic acids is 1. The van der Waals surface area contributed by atoms with Gasteiger partial charge in [0.2, 0.25) is 0 Å². The van der Waals surface area contributed by atoms with Gasteiger partial charge in [0, 0.05) is 17.7 Å². The summed E-state index contributed by atoms with van der Waals surface area (Å²) < 4.78 is 5.16. The number of esters is 1. The Labute approximate surface area is 125 Å². The zero-order valence-corrected chi connectivity index (χ0v) is 11.1. The Morgan fingerprint density at radius 1 is 1.18 bits per heavy atom. The molecule has 0 amide bonds. The number of nitro benzene ring substituents is 1. The second-order valence-electron chi connectivity index (χ2n) is 4.58. The first kappa shape index (κ1) is 13.5. The fourth-order valence-electron chi connectivity index (χ4n) is 2.21. The van der Waals surface area contributed by atoms with E-state index in [0.29, 0.717) is 16.7 Å². The highest BCUT2D eigenvalue weighted by atomic mass is 16.6. The molecular weight excluding hydrogens is 284 g/mol. The molecule has 1 aliphatic rings. The van der Waals surface area contributed by atoms with E-state index in [9.17, 15) is 14.9 Å². The number of nitro groups is 1. The Balaban J connectivity index is 2.10. The summed E-state index contributed by atoms with van der Waals surface area (Å²) in [6, 6.07) is 12.9. The van der Waals surface area contributed by atoms with Crippen LogP contribution in [0, 0.1) is 21.4 Å². The minimum absolute atomic E-state index is 0.148. The standard InChI is InChI=1S/C16H8N2O4/c17-9-11-4-2-1-3-10(11)7-15-13-6-5-12(18(20)21)8-14(13)16(19)22-15/h1-8H. The lowest BCUT2D eigenvalue weighted by atomic mass is 10.0. The van der Waals surface area contributed by atoms with Crippen LogP contribution in [0.25, 0.3) is 11.8 Å². The lowest BCUT2D eigenvalue weighted by Crippen LogP contribution is -1.95. The van der Waals surface area contributed by atoms with Gasteiger partial charge in [-0.2, -0.15) is 5.26 Å². The molecular formula is C16H8N2O4. The van der Waals surface area contributed by atoms with Gasteiger partial charge in [0.05, 0.1) is 22.1 Å². The molecule has 0 saturated heterocycles. The van der Waals surface area contributed by atoms with Crippen LogP contribution in [0.15, 0.2) is 42.5 Å². The van der Waals surface area contributed by atoms with Crippen molar-refractivity contribution in [1.29, 1.82) is 5.26 Å². The summed E-state index contributed by atoms with van der Waals surface area (Å²) in [6.45, 7) is 0. The highest BCUT2D eigenvalue weighted by Gasteiger charge is 2.28. The van der Waals surface area contributed by atoms with Crippen LogP contribution in [-0.4, -0.2) is 10.9 Å². The molecule has 0 N–H and O–H groups in total. The Hall–Kier alpha value is -3.46. The van der Waals surface area contributed by atoms with E-state index in [0.717, 1.165) is 0 Å². The van der Waals surface area contributed by atoms with Gasteiger partial charge in [0.1, 0.15) is 5.76 Å². The van der Waals surface area contributed by atoms with Gasteiger partial charge in [0.25, 0.3) is 5.69 Å². The van der Waals surface area contributed by atoms with E-state index >= 15 is 0 Å². The van der Waals surface area contributed by atoms with Crippen LogP contribution >= 0.6 is 0 Å². The molecule has 0 bridgehead atoms. The first-order valence-corrected chi connectivity index (χ1v) is 6.32. The quantitative estimate of drug-likeness (QED) is 0.481. The van der Waals surface area contributed by atoms with Crippen molar-refractivity contribution in [2.24, 2.45) is 0 Å². The highest BCUT2D eigenvalue weighted by molar-refractivity contribution is 6.06. The third-order valence-electron chi connectivity index (χ3n) is 3.27. The molecule has 0 aromatic heterocycles. The van der Waals surface area contributed by atoms with Crippen molar-refractivity contribution in [3.05, 3.63) is 74.8 Å². The van der Waals surface area contributed by atoms with E-state index in [-0.39, 0.29) is 17.0 Å². The lowest BCUT2D eigenvalue weighted by Gasteiger charge is -2.01. The van der Waals surface area contributed by atoms with Crippen LogP contribution < -0.4 is 0 Å². The summed E-state index contributed by atoms with van der Waals surface area (Å²) in [7, 11) is 0. The second kappa shape index (κ2) is 5.14. The van der Waals surface area contributed by atoms with Crippen LogP contribution in [0.5, 0.6) is 0 Å². The summed E-state index contributed by atoms with van der Waals surface area (Å²) in [5.41, 5.74) is 1.51. The number of hydrogen-bond donors (Lipinski definition) is 0. The minimum atomic E-state index is -0.639. The van der Waals surface area contributed by atoms with E-state index in [1.807, 2.05) is 0 Å². The molecule has 2 aromatic carbocycles. The monoisotopic (exact) mass is 292 g/mol. The van der Waals surface area contributed by atoms with Crippen LogP contribution in [0.2, 0.25) is 0 Å². The van der Waals surface area contributed by atoms with E-state index in [2.05, 4.69) is 6.07 Å². The number of nitrogens with zero attached hydrogens (tertiary/aromatic N) is 2. The zero-order chi connectivity index (χ0) is 15.7. The largest absolute Gasteiger partial charge is 0.422 e. The third kappa shape index (κ3) is 2.21. The molecule has 1 aliphatic heterocycles.